The molecule has 1 aromatic heterocycles. The number of thiophene rings is 1. The molecule has 0 fully saturated rings. The molecule has 0 spiro atoms. The highest BCUT2D eigenvalue weighted by Gasteiger charge is 2.45. The van der Waals surface area contributed by atoms with E-state index in [4.69, 9.17) is 5.73 Å². The fourth-order valence-electron chi connectivity index (χ4n) is 5.73. The van der Waals surface area contributed by atoms with Crippen LogP contribution in [-0.4, -0.2) is 5.78 Å². The smallest absolute Gasteiger partial charge is 0.162 e. The van der Waals surface area contributed by atoms with Crippen LogP contribution >= 0.6 is 11.3 Å². The number of hydrogen-bond donors (Lipinski definition) is 1. The maximum absolute atomic E-state index is 13.7. The van der Waals surface area contributed by atoms with Gasteiger partial charge >= 0.3 is 0 Å². The van der Waals surface area contributed by atoms with Crippen molar-refractivity contribution in [1.82, 2.24) is 0 Å². The van der Waals surface area contributed by atoms with Crippen LogP contribution in [0.5, 0.6) is 0 Å². The van der Waals surface area contributed by atoms with Crippen LogP contribution in [0.1, 0.15) is 73.4 Å². The molecule has 1 aliphatic heterocycles. The number of carbonyl (C=O) groups excluding carboxylic acids is 1. The van der Waals surface area contributed by atoms with Crippen molar-refractivity contribution in [2.45, 2.75) is 64.7 Å². The third-order valence-corrected chi connectivity index (χ3v) is 8.58. The normalized spacial score (nSPS) is 21.7. The molecule has 1 aromatic carbocycles. The van der Waals surface area contributed by atoms with E-state index in [1.165, 1.54) is 17.0 Å². The minimum Gasteiger partial charge on any atom is -0.384 e. The number of nitrogens with zero attached hydrogens (tertiary/aromatic N) is 3. The van der Waals surface area contributed by atoms with Crippen LogP contribution in [0, 0.1) is 33.9 Å². The number of Topliss-reactive ketones (excluding diaryl/α,β-unsaturated/α-hetero) is 1. The largest absolute Gasteiger partial charge is 0.384 e. The lowest BCUT2D eigenvalue weighted by Gasteiger charge is -2.43. The number of halogens is 1. The Balaban J connectivity index is 1.78. The van der Waals surface area contributed by atoms with Gasteiger partial charge in [0.1, 0.15) is 22.7 Å². The van der Waals surface area contributed by atoms with Gasteiger partial charge in [0.05, 0.1) is 23.1 Å². The summed E-state index contributed by atoms with van der Waals surface area (Å²) in [7, 11) is 0. The van der Waals surface area contributed by atoms with E-state index >= 15 is 0 Å². The second-order valence-electron chi connectivity index (χ2n) is 10.4. The van der Waals surface area contributed by atoms with E-state index in [2.05, 4.69) is 12.1 Å². The first-order valence-electron chi connectivity index (χ1n) is 12.0. The van der Waals surface area contributed by atoms with Crippen LogP contribution in [0.4, 0.5) is 9.39 Å². The number of anilines is 1. The van der Waals surface area contributed by atoms with E-state index in [-0.39, 0.29) is 28.4 Å². The molecule has 0 amide bonds. The maximum Gasteiger partial charge on any atom is 0.162 e. The molecule has 0 saturated heterocycles. The molecule has 3 aliphatic rings. The van der Waals surface area contributed by atoms with Crippen molar-refractivity contribution >= 4 is 22.1 Å². The van der Waals surface area contributed by atoms with Crippen LogP contribution in [0.3, 0.4) is 0 Å². The number of rotatable bonds is 2. The minimum atomic E-state index is -0.654. The quantitative estimate of drug-likeness (QED) is 0.528. The topological polar surface area (TPSA) is 93.9 Å². The summed E-state index contributed by atoms with van der Waals surface area (Å²) in [4.78, 5) is 16.7. The van der Waals surface area contributed by atoms with Crippen LogP contribution in [0.15, 0.2) is 46.9 Å². The molecule has 0 radical (unpaired) electrons. The Morgan fingerprint density at radius 2 is 1.80 bits per heavy atom. The minimum absolute atomic E-state index is 0.0348. The van der Waals surface area contributed by atoms with Crippen LogP contribution in [0.25, 0.3) is 0 Å². The van der Waals surface area contributed by atoms with Gasteiger partial charge in [0.25, 0.3) is 0 Å². The zero-order valence-corrected chi connectivity index (χ0v) is 20.8. The summed E-state index contributed by atoms with van der Waals surface area (Å²) in [6, 6.07) is 10.6. The number of nitriles is 2. The van der Waals surface area contributed by atoms with E-state index in [9.17, 15) is 19.7 Å². The summed E-state index contributed by atoms with van der Waals surface area (Å²) in [6.45, 7) is 4.10. The zero-order chi connectivity index (χ0) is 24.9. The third-order valence-electron chi connectivity index (χ3n) is 7.30. The summed E-state index contributed by atoms with van der Waals surface area (Å²) >= 11 is 1.56. The molecule has 5 rings (SSSR count). The molecule has 1 unspecified atom stereocenters. The number of hydrogen-bond acceptors (Lipinski definition) is 6. The van der Waals surface area contributed by atoms with Gasteiger partial charge in [-0.3, -0.25) is 9.69 Å². The van der Waals surface area contributed by atoms with Gasteiger partial charge in [-0.1, -0.05) is 32.4 Å². The fourth-order valence-corrected chi connectivity index (χ4v) is 7.11. The lowest BCUT2D eigenvalue weighted by molar-refractivity contribution is -0.118. The summed E-state index contributed by atoms with van der Waals surface area (Å²) in [6.07, 6.45) is 5.97. The monoisotopic (exact) mass is 486 g/mol. The SMILES string of the molecule is CC1(C)CC(=O)C2=C(C1)N(c1sc3c(c1C#N)CCCCC3)C(N)=C(C#N)C2c1ccc(F)cc1. The average Bonchev–Trinajstić information content (AvgIpc) is 2.98. The Labute approximate surface area is 209 Å². The molecule has 2 aliphatic carbocycles. The van der Waals surface area contributed by atoms with Crippen LogP contribution in [-0.2, 0) is 17.6 Å². The maximum atomic E-state index is 13.7. The predicted molar refractivity (Wildman–Crippen MR) is 134 cm³/mol. The van der Waals surface area contributed by atoms with Gasteiger partial charge in [-0.05, 0) is 60.8 Å². The third kappa shape index (κ3) is 3.85. The van der Waals surface area contributed by atoms with Crippen molar-refractivity contribution in [2.24, 2.45) is 11.1 Å². The Kier molecular flexibility index (Phi) is 5.77. The van der Waals surface area contributed by atoms with E-state index in [1.54, 1.807) is 23.5 Å². The highest BCUT2D eigenvalue weighted by atomic mass is 32.1. The first-order chi connectivity index (χ1) is 16.8. The first-order valence-corrected chi connectivity index (χ1v) is 12.8. The van der Waals surface area contributed by atoms with Gasteiger partial charge in [0.2, 0.25) is 0 Å². The second-order valence-corrected chi connectivity index (χ2v) is 11.5. The van der Waals surface area contributed by atoms with Crippen molar-refractivity contribution in [1.29, 1.82) is 10.5 Å². The Bertz CT molecular complexity index is 1370. The van der Waals surface area contributed by atoms with Crippen molar-refractivity contribution in [3.63, 3.8) is 0 Å². The van der Waals surface area contributed by atoms with Crippen LogP contribution in [0.2, 0.25) is 0 Å². The summed E-state index contributed by atoms with van der Waals surface area (Å²) in [5, 5.41) is 21.1. The lowest BCUT2D eigenvalue weighted by atomic mass is 9.68. The number of aryl methyl sites for hydroxylation is 1. The van der Waals surface area contributed by atoms with Gasteiger partial charge < -0.3 is 5.73 Å². The molecule has 7 heteroatoms. The molecular weight excluding hydrogens is 459 g/mol. The highest BCUT2D eigenvalue weighted by Crippen LogP contribution is 2.52. The highest BCUT2D eigenvalue weighted by molar-refractivity contribution is 7.16. The van der Waals surface area contributed by atoms with E-state index in [0.29, 0.717) is 34.5 Å². The number of benzene rings is 1. The van der Waals surface area contributed by atoms with Crippen molar-refractivity contribution in [3.05, 3.63) is 74.3 Å². The molecule has 2 N–H and O–H groups in total. The molecular formula is C28H27FN4OS. The Morgan fingerprint density at radius 3 is 2.49 bits per heavy atom. The zero-order valence-electron chi connectivity index (χ0n) is 19.9. The number of carbonyl (C=O) groups is 1. The van der Waals surface area contributed by atoms with E-state index < -0.39 is 5.92 Å². The summed E-state index contributed by atoms with van der Waals surface area (Å²) in [5.74, 6) is -0.823. The number of fused-ring (bicyclic) bond motifs is 1. The van der Waals surface area contributed by atoms with Crippen LogP contribution < -0.4 is 10.6 Å². The molecule has 5 nitrogen and oxygen atoms in total. The molecule has 178 valence electrons. The molecule has 1 atom stereocenters. The Hall–Kier alpha value is -3.42. The Morgan fingerprint density at radius 1 is 1.09 bits per heavy atom. The van der Waals surface area contributed by atoms with Gasteiger partial charge in [-0.25, -0.2) is 4.39 Å². The predicted octanol–water partition coefficient (Wildman–Crippen LogP) is 5.97. The van der Waals surface area contributed by atoms with Gasteiger partial charge in [-0.15, -0.1) is 11.3 Å². The van der Waals surface area contributed by atoms with Gasteiger partial charge in [0.15, 0.2) is 5.78 Å². The van der Waals surface area contributed by atoms with E-state index in [1.807, 2.05) is 18.7 Å². The van der Waals surface area contributed by atoms with E-state index in [0.717, 1.165) is 43.4 Å². The lowest BCUT2D eigenvalue weighted by Crippen LogP contribution is -2.42. The number of allylic oxidation sites excluding steroid dienone is 3. The molecule has 2 aromatic rings. The molecule has 35 heavy (non-hydrogen) atoms. The number of ketones is 1. The molecule has 2 heterocycles. The molecule has 0 bridgehead atoms. The van der Waals surface area contributed by atoms with Crippen molar-refractivity contribution in [2.75, 3.05) is 4.90 Å². The standard InChI is InChI=1S/C28H27FN4OS/c1-28(2)12-21-25(22(34)13-28)24(16-8-10-17(29)11-9-16)20(15-31)26(32)33(21)27-19(14-30)18-6-4-3-5-7-23(18)35-27/h8-11,24H,3-7,12-13,32H2,1-2H3. The average molecular weight is 487 g/mol. The fraction of sp³-hybridized carbons (Fsp3) is 0.393. The second kappa shape index (κ2) is 8.66. The van der Waals surface area contributed by atoms with Crippen molar-refractivity contribution < 1.29 is 9.18 Å². The van der Waals surface area contributed by atoms with Gasteiger partial charge in [-0.2, -0.15) is 10.5 Å². The first kappa shape index (κ1) is 23.3. The number of nitrogens with two attached hydrogens (primary N) is 1. The summed E-state index contributed by atoms with van der Waals surface area (Å²) < 4.78 is 13.7. The molecule has 0 saturated carbocycles. The summed E-state index contributed by atoms with van der Waals surface area (Å²) in [5.41, 5.74) is 10.3. The van der Waals surface area contributed by atoms with Crippen molar-refractivity contribution in [3.8, 4) is 12.1 Å². The van der Waals surface area contributed by atoms with Gasteiger partial charge in [0, 0.05) is 22.6 Å².